The number of ether oxygens (including phenoxy) is 4. The first-order chi connectivity index (χ1) is 36.9. The van der Waals surface area contributed by atoms with Gasteiger partial charge in [-0.3, -0.25) is 24.0 Å². The van der Waals surface area contributed by atoms with Gasteiger partial charge in [0.05, 0.1) is 69.9 Å². The number of benzene rings is 2. The van der Waals surface area contributed by atoms with Gasteiger partial charge in [0, 0.05) is 87.1 Å². The van der Waals surface area contributed by atoms with Gasteiger partial charge in [-0.2, -0.15) is 0 Å². The standard InChI is InChI=1S/C51H73F2N7O13S2.CH4O/c1-51(2,3)47(42-28-36(38-29-37(52)10-11-39(38)53)31-59(42)30-35-8-5-4-6-9-35)60(18-7-15-54)46(64)34-74-33-41(50(68)69)58-45(63)14-20-70-22-24-72-26-27-73-25-23-71-21-17-56-44(62)12-16-57-48(65)43(13-19-61)75-32-40(55)49(66)67;1-2/h4-6,8-11,19,28-29,31,40-41,43,47H,7,12-18,20-27,30,32-34,54-55H2,1-3H3,(H,56,62)(H,57,65)(H,58,63)(H,66,67)(H,68,69);2H,1H3. The number of aliphatic hydroxyl groups excluding tert-OH is 1. The summed E-state index contributed by atoms with van der Waals surface area (Å²) in [4.78, 5) is 87.1. The lowest BCUT2D eigenvalue weighted by atomic mass is 9.83. The molecule has 0 radical (unpaired) electrons. The number of nitrogens with one attached hydrogen (secondary N) is 3. The number of hydrogen-bond donors (Lipinski definition) is 8. The van der Waals surface area contributed by atoms with Gasteiger partial charge in [0.15, 0.2) is 0 Å². The van der Waals surface area contributed by atoms with Crippen LogP contribution in [0.5, 0.6) is 0 Å². The van der Waals surface area contributed by atoms with Gasteiger partial charge < -0.3 is 75.9 Å². The maximum Gasteiger partial charge on any atom is 0.327 e. The summed E-state index contributed by atoms with van der Waals surface area (Å²) in [7, 11) is 1.00. The molecule has 4 amide bonds. The summed E-state index contributed by atoms with van der Waals surface area (Å²) in [5, 5.41) is 32.7. The average Bonchev–Trinajstić information content (AvgIpc) is 3.80. The molecule has 0 saturated heterocycles. The van der Waals surface area contributed by atoms with E-state index in [1.54, 1.807) is 17.2 Å². The van der Waals surface area contributed by atoms with Gasteiger partial charge in [-0.25, -0.2) is 13.6 Å². The number of rotatable bonds is 39. The largest absolute Gasteiger partial charge is 0.480 e. The third kappa shape index (κ3) is 26.6. The minimum absolute atomic E-state index is 0.0108. The van der Waals surface area contributed by atoms with Crippen molar-refractivity contribution < 1.29 is 76.6 Å². The molecule has 0 bridgehead atoms. The van der Waals surface area contributed by atoms with E-state index in [4.69, 9.17) is 40.6 Å². The van der Waals surface area contributed by atoms with Crippen molar-refractivity contribution in [2.45, 2.75) is 76.4 Å². The third-order valence-electron chi connectivity index (χ3n) is 11.1. The Labute approximate surface area is 457 Å². The molecule has 77 heavy (non-hydrogen) atoms. The normalized spacial score (nSPS) is 12.8. The maximum absolute atomic E-state index is 15.2. The molecule has 0 fully saturated rings. The molecule has 4 unspecified atom stereocenters. The summed E-state index contributed by atoms with van der Waals surface area (Å²) < 4.78 is 53.4. The zero-order valence-electron chi connectivity index (χ0n) is 44.3. The van der Waals surface area contributed by atoms with E-state index in [-0.39, 0.29) is 126 Å². The summed E-state index contributed by atoms with van der Waals surface area (Å²) in [6.07, 6.45) is 2.54. The van der Waals surface area contributed by atoms with E-state index in [1.165, 1.54) is 0 Å². The number of nitrogens with zero attached hydrogens (tertiary/aromatic N) is 2. The second-order valence-electron chi connectivity index (χ2n) is 18.1. The fourth-order valence-corrected chi connectivity index (χ4v) is 9.33. The first-order valence-electron chi connectivity index (χ1n) is 25.0. The van der Waals surface area contributed by atoms with Crippen LogP contribution in [0.15, 0.2) is 60.8 Å². The van der Waals surface area contributed by atoms with Gasteiger partial charge in [-0.05, 0) is 48.2 Å². The maximum atomic E-state index is 15.2. The Morgan fingerprint density at radius 1 is 0.805 bits per heavy atom. The van der Waals surface area contributed by atoms with E-state index in [0.717, 1.165) is 54.4 Å². The Hall–Kier alpha value is -5.51. The molecule has 25 heteroatoms. The molecule has 3 rings (SSSR count). The molecule has 10 N–H and O–H groups in total. The van der Waals surface area contributed by atoms with Crippen molar-refractivity contribution in [2.75, 3.05) is 103 Å². The Kier molecular flexibility index (Phi) is 33.5. The SMILES string of the molecule is CC(C)(C)C(c1cc(-c2cc(F)ccc2F)cn1Cc1ccccc1)N(CCCN)C(=O)CSCC(NC(=O)CCOCCOCCOCCOCCNC(=O)CCNC(=O)C(CC=O)SCC(N)C(=O)O)C(=O)O.CO. The summed E-state index contributed by atoms with van der Waals surface area (Å²) in [6, 6.07) is 11.7. The molecule has 2 aromatic carbocycles. The minimum Gasteiger partial charge on any atom is -0.480 e. The van der Waals surface area contributed by atoms with Crippen LogP contribution in [0, 0.1) is 17.0 Å². The second kappa shape index (κ2) is 38.1. The zero-order chi connectivity index (χ0) is 57.2. The first-order valence-corrected chi connectivity index (χ1v) is 27.2. The van der Waals surface area contributed by atoms with Crippen LogP contribution < -0.4 is 27.4 Å². The van der Waals surface area contributed by atoms with E-state index >= 15 is 4.39 Å². The van der Waals surface area contributed by atoms with Crippen molar-refractivity contribution in [1.29, 1.82) is 0 Å². The molecule has 1 heterocycles. The van der Waals surface area contributed by atoms with Gasteiger partial charge in [-0.15, -0.1) is 23.5 Å². The highest BCUT2D eigenvalue weighted by atomic mass is 32.2. The number of carboxylic acid groups (broad SMARTS) is 2. The predicted octanol–water partition coefficient (Wildman–Crippen LogP) is 2.84. The number of amides is 4. The molecule has 1 aromatic heterocycles. The number of halogens is 2. The fraction of sp³-hybridized carbons (Fsp3) is 0.558. The lowest BCUT2D eigenvalue weighted by Crippen LogP contribution is -2.45. The molecule has 21 nitrogen and oxygen atoms in total. The quantitative estimate of drug-likeness (QED) is 0.0301. The monoisotopic (exact) mass is 1130 g/mol. The average molecular weight is 1130 g/mol. The lowest BCUT2D eigenvalue weighted by Gasteiger charge is -2.41. The number of aldehydes is 1. The Bertz CT molecular complexity index is 2260. The molecular weight excluding hydrogens is 1050 g/mol. The summed E-state index contributed by atoms with van der Waals surface area (Å²) in [5.74, 6) is -5.56. The van der Waals surface area contributed by atoms with Gasteiger partial charge >= 0.3 is 11.9 Å². The number of aliphatic hydroxyl groups is 1. The fourth-order valence-electron chi connectivity index (χ4n) is 7.38. The molecule has 430 valence electrons. The Balaban J connectivity index is 0.0000100. The van der Waals surface area contributed by atoms with Crippen molar-refractivity contribution in [3.05, 3.63) is 83.7 Å². The summed E-state index contributed by atoms with van der Waals surface area (Å²) in [6.45, 7) is 8.89. The molecule has 0 aliphatic rings. The van der Waals surface area contributed by atoms with Crippen molar-refractivity contribution in [3.63, 3.8) is 0 Å². The number of carbonyl (C=O) groups excluding carboxylic acids is 5. The van der Waals surface area contributed by atoms with Gasteiger partial charge in [0.25, 0.3) is 0 Å². The Morgan fingerprint density at radius 3 is 2.04 bits per heavy atom. The molecule has 4 atom stereocenters. The highest BCUT2D eigenvalue weighted by Gasteiger charge is 2.37. The van der Waals surface area contributed by atoms with Gasteiger partial charge in [-0.1, -0.05) is 51.1 Å². The van der Waals surface area contributed by atoms with Crippen molar-refractivity contribution in [1.82, 2.24) is 25.4 Å². The summed E-state index contributed by atoms with van der Waals surface area (Å²) >= 11 is 2.03. The molecule has 0 saturated carbocycles. The van der Waals surface area contributed by atoms with Crippen molar-refractivity contribution >= 4 is 65.4 Å². The van der Waals surface area contributed by atoms with Crippen LogP contribution >= 0.6 is 23.5 Å². The van der Waals surface area contributed by atoms with Crippen molar-refractivity contribution in [2.24, 2.45) is 16.9 Å². The summed E-state index contributed by atoms with van der Waals surface area (Å²) in [5.41, 5.74) is 13.0. The van der Waals surface area contributed by atoms with E-state index in [0.29, 0.717) is 37.1 Å². The minimum atomic E-state index is -1.28. The molecule has 3 aromatic rings. The molecule has 0 spiro atoms. The lowest BCUT2D eigenvalue weighted by molar-refractivity contribution is -0.141. The zero-order valence-corrected chi connectivity index (χ0v) is 45.9. The second-order valence-corrected chi connectivity index (χ2v) is 20.4. The van der Waals surface area contributed by atoms with Gasteiger partial charge in [0.2, 0.25) is 23.6 Å². The topological polar surface area (TPSA) is 313 Å². The Morgan fingerprint density at radius 2 is 1.44 bits per heavy atom. The number of hydrogen-bond acceptors (Lipinski definition) is 16. The van der Waals surface area contributed by atoms with Crippen LogP contribution in [0.1, 0.15) is 63.8 Å². The smallest absolute Gasteiger partial charge is 0.327 e. The number of carbonyl (C=O) groups is 7. The van der Waals surface area contributed by atoms with Crippen LogP contribution in [0.25, 0.3) is 11.1 Å². The van der Waals surface area contributed by atoms with E-state index in [1.807, 2.05) is 55.7 Å². The highest BCUT2D eigenvalue weighted by Crippen LogP contribution is 2.41. The number of nitrogens with two attached hydrogens (primary N) is 2. The third-order valence-corrected chi connectivity index (χ3v) is 13.4. The van der Waals surface area contributed by atoms with Crippen LogP contribution in [0.4, 0.5) is 8.78 Å². The van der Waals surface area contributed by atoms with E-state index in [2.05, 4.69) is 16.0 Å². The highest BCUT2D eigenvalue weighted by molar-refractivity contribution is 8.00. The van der Waals surface area contributed by atoms with Gasteiger partial charge in [0.1, 0.15) is 30.0 Å². The van der Waals surface area contributed by atoms with E-state index in [9.17, 15) is 43.1 Å². The van der Waals surface area contributed by atoms with Crippen LogP contribution in [0.3, 0.4) is 0 Å². The molecular formula is C52H77F2N7O14S2. The number of thioether (sulfide) groups is 2. The molecule has 0 aliphatic carbocycles. The van der Waals surface area contributed by atoms with Crippen molar-refractivity contribution in [3.8, 4) is 11.1 Å². The van der Waals surface area contributed by atoms with Crippen LogP contribution in [-0.4, -0.2) is 187 Å². The predicted molar refractivity (Wildman–Crippen MR) is 289 cm³/mol. The molecule has 0 aliphatic heterocycles. The van der Waals surface area contributed by atoms with Crippen LogP contribution in [0.2, 0.25) is 0 Å². The number of aromatic nitrogens is 1. The number of aliphatic carboxylic acids is 2. The number of carboxylic acids is 2. The first kappa shape index (κ1) is 67.6. The van der Waals surface area contributed by atoms with E-state index < -0.39 is 64.2 Å². The van der Waals surface area contributed by atoms with Crippen LogP contribution in [-0.2, 0) is 59.1 Å².